The maximum Gasteiger partial charge on any atom is 0.100 e. The SMILES string of the molecule is CC(C)(CN)c1ncc(Br)s1. The van der Waals surface area contributed by atoms with E-state index in [1.54, 1.807) is 11.3 Å². The zero-order valence-electron chi connectivity index (χ0n) is 6.60. The lowest BCUT2D eigenvalue weighted by Gasteiger charge is -2.18. The van der Waals surface area contributed by atoms with Crippen molar-refractivity contribution in [2.45, 2.75) is 19.3 Å². The number of rotatable bonds is 2. The van der Waals surface area contributed by atoms with Gasteiger partial charge in [0.25, 0.3) is 0 Å². The van der Waals surface area contributed by atoms with Gasteiger partial charge in [0, 0.05) is 12.0 Å². The zero-order chi connectivity index (χ0) is 8.48. The molecular weight excluding hydrogens is 224 g/mol. The summed E-state index contributed by atoms with van der Waals surface area (Å²) in [5.41, 5.74) is 5.61. The van der Waals surface area contributed by atoms with Crippen molar-refractivity contribution >= 4 is 27.3 Å². The van der Waals surface area contributed by atoms with Crippen LogP contribution in [-0.2, 0) is 5.41 Å². The summed E-state index contributed by atoms with van der Waals surface area (Å²) in [5, 5.41) is 1.09. The first-order valence-corrected chi connectivity index (χ1v) is 4.99. The predicted octanol–water partition coefficient (Wildman–Crippen LogP) is 2.14. The van der Waals surface area contributed by atoms with Crippen LogP contribution in [-0.4, -0.2) is 11.5 Å². The quantitative estimate of drug-likeness (QED) is 0.852. The van der Waals surface area contributed by atoms with Crippen molar-refractivity contribution in [2.24, 2.45) is 5.73 Å². The number of thiazole rings is 1. The summed E-state index contributed by atoms with van der Waals surface area (Å²) in [6.45, 7) is 4.82. The molecule has 0 bridgehead atoms. The molecule has 0 aliphatic heterocycles. The van der Waals surface area contributed by atoms with E-state index in [1.165, 1.54) is 0 Å². The molecule has 0 unspecified atom stereocenters. The fourth-order valence-corrected chi connectivity index (χ4v) is 1.97. The van der Waals surface area contributed by atoms with Crippen LogP contribution in [0.3, 0.4) is 0 Å². The summed E-state index contributed by atoms with van der Waals surface area (Å²) in [5.74, 6) is 0. The van der Waals surface area contributed by atoms with Gasteiger partial charge in [-0.1, -0.05) is 13.8 Å². The topological polar surface area (TPSA) is 38.9 Å². The molecule has 4 heteroatoms. The van der Waals surface area contributed by atoms with Gasteiger partial charge in [0.05, 0.1) is 9.98 Å². The first-order valence-electron chi connectivity index (χ1n) is 3.38. The van der Waals surface area contributed by atoms with E-state index in [2.05, 4.69) is 34.8 Å². The van der Waals surface area contributed by atoms with Crippen LogP contribution in [0, 0.1) is 0 Å². The van der Waals surface area contributed by atoms with Crippen LogP contribution in [0.2, 0.25) is 0 Å². The number of halogens is 1. The fourth-order valence-electron chi connectivity index (χ4n) is 0.655. The van der Waals surface area contributed by atoms with Gasteiger partial charge < -0.3 is 5.73 Å². The van der Waals surface area contributed by atoms with E-state index in [0.29, 0.717) is 6.54 Å². The highest BCUT2D eigenvalue weighted by Gasteiger charge is 2.21. The first kappa shape index (κ1) is 9.16. The van der Waals surface area contributed by atoms with Crippen molar-refractivity contribution in [1.82, 2.24) is 4.98 Å². The van der Waals surface area contributed by atoms with Gasteiger partial charge >= 0.3 is 0 Å². The van der Waals surface area contributed by atoms with Crippen LogP contribution in [0.5, 0.6) is 0 Å². The molecule has 2 nitrogen and oxygen atoms in total. The Kier molecular flexibility index (Phi) is 2.67. The molecule has 1 aromatic rings. The summed E-state index contributed by atoms with van der Waals surface area (Å²) in [7, 11) is 0. The summed E-state index contributed by atoms with van der Waals surface area (Å²) < 4.78 is 1.06. The molecule has 0 aliphatic rings. The van der Waals surface area contributed by atoms with Crippen LogP contribution in [0.15, 0.2) is 9.98 Å². The maximum atomic E-state index is 5.60. The molecule has 1 heterocycles. The van der Waals surface area contributed by atoms with Gasteiger partial charge in [0.15, 0.2) is 0 Å². The largest absolute Gasteiger partial charge is 0.330 e. The smallest absolute Gasteiger partial charge is 0.100 e. The second kappa shape index (κ2) is 3.21. The third kappa shape index (κ3) is 2.01. The van der Waals surface area contributed by atoms with Crippen LogP contribution < -0.4 is 5.73 Å². The van der Waals surface area contributed by atoms with Gasteiger partial charge in [0.1, 0.15) is 5.01 Å². The molecule has 0 atom stereocenters. The Hall–Kier alpha value is 0.0700. The fraction of sp³-hybridized carbons (Fsp3) is 0.571. The monoisotopic (exact) mass is 234 g/mol. The van der Waals surface area contributed by atoms with Gasteiger partial charge in [-0.25, -0.2) is 4.98 Å². The van der Waals surface area contributed by atoms with Gasteiger partial charge in [-0.2, -0.15) is 0 Å². The summed E-state index contributed by atoms with van der Waals surface area (Å²) in [4.78, 5) is 4.25. The third-order valence-corrected chi connectivity index (χ3v) is 3.41. The van der Waals surface area contributed by atoms with Crippen molar-refractivity contribution in [3.63, 3.8) is 0 Å². The summed E-state index contributed by atoms with van der Waals surface area (Å²) in [6, 6.07) is 0. The molecule has 1 aromatic heterocycles. The lowest BCUT2D eigenvalue weighted by molar-refractivity contribution is 0.535. The molecule has 62 valence electrons. The van der Waals surface area contributed by atoms with Crippen molar-refractivity contribution < 1.29 is 0 Å². The third-order valence-electron chi connectivity index (χ3n) is 1.57. The van der Waals surface area contributed by atoms with E-state index < -0.39 is 0 Å². The van der Waals surface area contributed by atoms with Crippen molar-refractivity contribution in [1.29, 1.82) is 0 Å². The Balaban J connectivity index is 2.92. The van der Waals surface area contributed by atoms with Crippen LogP contribution in [0.1, 0.15) is 18.9 Å². The molecule has 0 saturated heterocycles. The summed E-state index contributed by atoms with van der Waals surface area (Å²) >= 11 is 5.01. The number of hydrogen-bond acceptors (Lipinski definition) is 3. The molecule has 0 saturated carbocycles. The lowest BCUT2D eigenvalue weighted by atomic mass is 9.95. The highest BCUT2D eigenvalue weighted by atomic mass is 79.9. The van der Waals surface area contributed by atoms with Crippen LogP contribution in [0.25, 0.3) is 0 Å². The molecule has 11 heavy (non-hydrogen) atoms. The minimum atomic E-state index is 0.0106. The standard InChI is InChI=1S/C7H11BrN2S/c1-7(2,4-9)6-10-3-5(8)11-6/h3H,4,9H2,1-2H3. The average molecular weight is 235 g/mol. The van der Waals surface area contributed by atoms with Crippen molar-refractivity contribution in [2.75, 3.05) is 6.54 Å². The minimum Gasteiger partial charge on any atom is -0.330 e. The van der Waals surface area contributed by atoms with E-state index >= 15 is 0 Å². The van der Waals surface area contributed by atoms with Gasteiger partial charge in [-0.15, -0.1) is 11.3 Å². The Morgan fingerprint density at radius 3 is 2.73 bits per heavy atom. The van der Waals surface area contributed by atoms with E-state index in [-0.39, 0.29) is 5.41 Å². The van der Waals surface area contributed by atoms with Crippen LogP contribution >= 0.6 is 27.3 Å². The van der Waals surface area contributed by atoms with Crippen molar-refractivity contribution in [3.8, 4) is 0 Å². The van der Waals surface area contributed by atoms with E-state index in [0.717, 1.165) is 8.79 Å². The Morgan fingerprint density at radius 1 is 1.73 bits per heavy atom. The Bertz CT molecular complexity index is 244. The molecule has 0 fully saturated rings. The van der Waals surface area contributed by atoms with Crippen molar-refractivity contribution in [3.05, 3.63) is 15.0 Å². The molecular formula is C7H11BrN2S. The average Bonchev–Trinajstić information content (AvgIpc) is 2.36. The Labute approximate surface area is 79.0 Å². The normalized spacial score (nSPS) is 12.0. The maximum absolute atomic E-state index is 5.60. The second-order valence-electron chi connectivity index (χ2n) is 3.06. The van der Waals surface area contributed by atoms with E-state index in [1.807, 2.05) is 6.20 Å². The van der Waals surface area contributed by atoms with E-state index in [9.17, 15) is 0 Å². The molecule has 2 N–H and O–H groups in total. The highest BCUT2D eigenvalue weighted by Crippen LogP contribution is 2.28. The molecule has 1 rings (SSSR count). The number of nitrogens with two attached hydrogens (primary N) is 1. The molecule has 0 radical (unpaired) electrons. The molecule has 0 spiro atoms. The molecule has 0 aliphatic carbocycles. The van der Waals surface area contributed by atoms with Gasteiger partial charge in [0.2, 0.25) is 0 Å². The lowest BCUT2D eigenvalue weighted by Crippen LogP contribution is -2.27. The highest BCUT2D eigenvalue weighted by molar-refractivity contribution is 9.11. The Morgan fingerprint density at radius 2 is 2.36 bits per heavy atom. The second-order valence-corrected chi connectivity index (χ2v) is 5.47. The van der Waals surface area contributed by atoms with Crippen LogP contribution in [0.4, 0.5) is 0 Å². The predicted molar refractivity (Wildman–Crippen MR) is 51.9 cm³/mol. The molecule has 0 amide bonds. The number of hydrogen-bond donors (Lipinski definition) is 1. The van der Waals surface area contributed by atoms with Gasteiger partial charge in [-0.05, 0) is 15.9 Å². The van der Waals surface area contributed by atoms with Gasteiger partial charge in [-0.3, -0.25) is 0 Å². The number of nitrogens with zero attached hydrogens (tertiary/aromatic N) is 1. The minimum absolute atomic E-state index is 0.0106. The molecule has 0 aromatic carbocycles. The number of aromatic nitrogens is 1. The summed E-state index contributed by atoms with van der Waals surface area (Å²) in [6.07, 6.45) is 1.82. The van der Waals surface area contributed by atoms with E-state index in [4.69, 9.17) is 5.73 Å². The first-order chi connectivity index (χ1) is 5.06. The zero-order valence-corrected chi connectivity index (χ0v) is 9.00.